The summed E-state index contributed by atoms with van der Waals surface area (Å²) < 4.78 is 19.6. The molecule has 0 amide bonds. The Balaban J connectivity index is 2.33. The van der Waals surface area contributed by atoms with E-state index in [2.05, 4.69) is 9.26 Å². The average Bonchev–Trinajstić information content (AvgIpc) is 2.42. The SMILES string of the molecule is O=C1OC(OP(=O)(O)O)c2ccccc21. The summed E-state index contributed by atoms with van der Waals surface area (Å²) in [6, 6.07) is 6.26. The van der Waals surface area contributed by atoms with Crippen molar-refractivity contribution in [3.05, 3.63) is 35.4 Å². The third-order valence-corrected chi connectivity index (χ3v) is 2.35. The van der Waals surface area contributed by atoms with Gasteiger partial charge in [-0.2, -0.15) is 0 Å². The maximum Gasteiger partial charge on any atom is 0.473 e. The quantitative estimate of drug-likeness (QED) is 0.580. The van der Waals surface area contributed by atoms with Crippen LogP contribution in [-0.4, -0.2) is 15.8 Å². The van der Waals surface area contributed by atoms with Crippen LogP contribution in [0, 0.1) is 0 Å². The molecule has 0 fully saturated rings. The molecule has 80 valence electrons. The van der Waals surface area contributed by atoms with Crippen molar-refractivity contribution in [2.24, 2.45) is 0 Å². The van der Waals surface area contributed by atoms with Gasteiger partial charge in [0.05, 0.1) is 5.56 Å². The Kier molecular flexibility index (Phi) is 2.36. The zero-order chi connectivity index (χ0) is 11.1. The van der Waals surface area contributed by atoms with E-state index >= 15 is 0 Å². The Morgan fingerprint density at radius 1 is 1.33 bits per heavy atom. The number of phosphoric ester groups is 1. The van der Waals surface area contributed by atoms with Gasteiger partial charge in [0.2, 0.25) is 6.29 Å². The van der Waals surface area contributed by atoms with Gasteiger partial charge in [-0.1, -0.05) is 18.2 Å². The smallest absolute Gasteiger partial charge is 0.427 e. The van der Waals surface area contributed by atoms with Crippen LogP contribution in [0.4, 0.5) is 0 Å². The fourth-order valence-corrected chi connectivity index (χ4v) is 1.72. The van der Waals surface area contributed by atoms with Crippen LogP contribution in [0.5, 0.6) is 0 Å². The van der Waals surface area contributed by atoms with Crippen LogP contribution in [0.25, 0.3) is 0 Å². The summed E-state index contributed by atoms with van der Waals surface area (Å²) >= 11 is 0. The van der Waals surface area contributed by atoms with E-state index in [0.29, 0.717) is 5.56 Å². The summed E-state index contributed by atoms with van der Waals surface area (Å²) in [6.45, 7) is 0. The molecule has 1 aliphatic rings. The van der Waals surface area contributed by atoms with Gasteiger partial charge in [-0.3, -0.25) is 0 Å². The predicted octanol–water partition coefficient (Wildman–Crippen LogP) is 0.965. The molecule has 7 heteroatoms. The number of carbonyl (C=O) groups excluding carboxylic acids is 1. The monoisotopic (exact) mass is 230 g/mol. The highest BCUT2D eigenvalue weighted by Gasteiger charge is 2.35. The molecule has 0 aromatic heterocycles. The number of hydrogen-bond acceptors (Lipinski definition) is 4. The van der Waals surface area contributed by atoms with Crippen molar-refractivity contribution in [3.8, 4) is 0 Å². The number of ether oxygens (including phenoxy) is 1. The Morgan fingerprint density at radius 2 is 2.00 bits per heavy atom. The van der Waals surface area contributed by atoms with E-state index in [1.54, 1.807) is 12.1 Å². The molecule has 0 bridgehead atoms. The van der Waals surface area contributed by atoms with Gasteiger partial charge in [0.25, 0.3) is 0 Å². The average molecular weight is 230 g/mol. The van der Waals surface area contributed by atoms with Crippen molar-refractivity contribution in [1.82, 2.24) is 0 Å². The highest BCUT2D eigenvalue weighted by atomic mass is 31.2. The number of phosphoric acid groups is 1. The van der Waals surface area contributed by atoms with Gasteiger partial charge in [0.15, 0.2) is 0 Å². The van der Waals surface area contributed by atoms with Gasteiger partial charge in [-0.05, 0) is 6.07 Å². The normalized spacial score (nSPS) is 19.9. The van der Waals surface area contributed by atoms with Gasteiger partial charge in [0.1, 0.15) is 0 Å². The number of rotatable bonds is 2. The molecule has 2 rings (SSSR count). The number of hydrogen-bond donors (Lipinski definition) is 2. The standard InChI is InChI=1S/C8H7O6P/c9-7-5-3-1-2-4-6(5)8(13-7)14-15(10,11)12/h1-4,8H,(H2,10,11,12). The van der Waals surface area contributed by atoms with Gasteiger partial charge in [-0.25, -0.2) is 13.9 Å². The van der Waals surface area contributed by atoms with E-state index in [1.165, 1.54) is 12.1 Å². The molecule has 0 spiro atoms. The largest absolute Gasteiger partial charge is 0.473 e. The maximum atomic E-state index is 11.2. The van der Waals surface area contributed by atoms with Crippen molar-refractivity contribution in [3.63, 3.8) is 0 Å². The lowest BCUT2D eigenvalue weighted by atomic mass is 10.1. The molecular formula is C8H7O6P. The number of esters is 1. The van der Waals surface area contributed by atoms with Crippen molar-refractivity contribution >= 4 is 13.8 Å². The Labute approximate surface area is 84.7 Å². The minimum absolute atomic E-state index is 0.260. The molecule has 0 radical (unpaired) electrons. The van der Waals surface area contributed by atoms with Gasteiger partial charge in [-0.15, -0.1) is 0 Å². The van der Waals surface area contributed by atoms with Gasteiger partial charge in [0, 0.05) is 5.56 Å². The summed E-state index contributed by atoms with van der Waals surface area (Å²) in [6.07, 6.45) is -1.32. The van der Waals surface area contributed by atoms with Crippen LogP contribution in [-0.2, 0) is 13.8 Å². The van der Waals surface area contributed by atoms with E-state index in [1.807, 2.05) is 0 Å². The highest BCUT2D eigenvalue weighted by molar-refractivity contribution is 7.46. The molecule has 6 nitrogen and oxygen atoms in total. The molecule has 1 heterocycles. The number of fused-ring (bicyclic) bond motifs is 1. The molecule has 1 atom stereocenters. The van der Waals surface area contributed by atoms with E-state index < -0.39 is 20.1 Å². The third-order valence-electron chi connectivity index (χ3n) is 1.88. The number of cyclic esters (lactones) is 1. The number of benzene rings is 1. The summed E-state index contributed by atoms with van der Waals surface area (Å²) in [5.41, 5.74) is 0.585. The molecule has 0 saturated heterocycles. The lowest BCUT2D eigenvalue weighted by Gasteiger charge is -2.11. The molecule has 15 heavy (non-hydrogen) atoms. The summed E-state index contributed by atoms with van der Waals surface area (Å²) in [5.74, 6) is -0.649. The number of carbonyl (C=O) groups is 1. The summed E-state index contributed by atoms with van der Waals surface area (Å²) in [7, 11) is -4.67. The zero-order valence-corrected chi connectivity index (χ0v) is 8.26. The van der Waals surface area contributed by atoms with Crippen LogP contribution < -0.4 is 0 Å². The molecule has 2 N–H and O–H groups in total. The van der Waals surface area contributed by atoms with Crippen molar-refractivity contribution < 1.29 is 28.4 Å². The molecule has 1 aromatic rings. The first-order valence-corrected chi connectivity index (χ1v) is 5.54. The molecule has 0 saturated carbocycles. The van der Waals surface area contributed by atoms with Gasteiger partial charge < -0.3 is 14.5 Å². The van der Waals surface area contributed by atoms with Crippen LogP contribution in [0.15, 0.2) is 24.3 Å². The first kappa shape index (κ1) is 10.3. The van der Waals surface area contributed by atoms with Crippen molar-refractivity contribution in [1.29, 1.82) is 0 Å². The Bertz CT molecular complexity index is 450. The first-order chi connectivity index (χ1) is 6.97. The molecule has 1 aliphatic heterocycles. The summed E-state index contributed by atoms with van der Waals surface area (Å²) in [4.78, 5) is 28.4. The van der Waals surface area contributed by atoms with Crippen LogP contribution >= 0.6 is 7.82 Å². The topological polar surface area (TPSA) is 93.1 Å². The fraction of sp³-hybridized carbons (Fsp3) is 0.125. The highest BCUT2D eigenvalue weighted by Crippen LogP contribution is 2.45. The lowest BCUT2D eigenvalue weighted by molar-refractivity contribution is -0.0510. The molecular weight excluding hydrogens is 223 g/mol. The minimum Gasteiger partial charge on any atom is -0.427 e. The van der Waals surface area contributed by atoms with E-state index in [4.69, 9.17) is 9.79 Å². The molecule has 1 unspecified atom stereocenters. The van der Waals surface area contributed by atoms with Crippen molar-refractivity contribution in [2.75, 3.05) is 0 Å². The molecule has 0 aliphatic carbocycles. The van der Waals surface area contributed by atoms with Crippen LogP contribution in [0.3, 0.4) is 0 Å². The second-order valence-corrected chi connectivity index (χ2v) is 4.11. The second-order valence-electron chi connectivity index (χ2n) is 2.92. The maximum absolute atomic E-state index is 11.2. The lowest BCUT2D eigenvalue weighted by Crippen LogP contribution is -2.02. The van der Waals surface area contributed by atoms with Crippen molar-refractivity contribution in [2.45, 2.75) is 6.29 Å². The molecule has 1 aromatic carbocycles. The van der Waals surface area contributed by atoms with E-state index in [0.717, 1.165) is 0 Å². The summed E-state index contributed by atoms with van der Waals surface area (Å²) in [5, 5.41) is 0. The van der Waals surface area contributed by atoms with Crippen LogP contribution in [0.2, 0.25) is 0 Å². The van der Waals surface area contributed by atoms with Crippen LogP contribution in [0.1, 0.15) is 22.2 Å². The van der Waals surface area contributed by atoms with E-state index in [-0.39, 0.29) is 5.56 Å². The Morgan fingerprint density at radius 3 is 2.67 bits per heavy atom. The minimum atomic E-state index is -4.67. The van der Waals surface area contributed by atoms with E-state index in [9.17, 15) is 9.36 Å². The second kappa shape index (κ2) is 3.43. The van der Waals surface area contributed by atoms with Gasteiger partial charge >= 0.3 is 13.8 Å². The first-order valence-electron chi connectivity index (χ1n) is 4.01. The predicted molar refractivity (Wildman–Crippen MR) is 47.7 cm³/mol. The zero-order valence-electron chi connectivity index (χ0n) is 7.36. The third kappa shape index (κ3) is 2.08. The fourth-order valence-electron chi connectivity index (χ4n) is 1.32. The Hall–Kier alpha value is -1.20.